The van der Waals surface area contributed by atoms with E-state index in [1.165, 1.54) is 30.0 Å². The quantitative estimate of drug-likeness (QED) is 0.787. The van der Waals surface area contributed by atoms with Crippen molar-refractivity contribution in [2.24, 2.45) is 0 Å². The van der Waals surface area contributed by atoms with Crippen LogP contribution in [-0.2, 0) is 22.6 Å². The van der Waals surface area contributed by atoms with Crippen molar-refractivity contribution < 1.29 is 18.4 Å². The Balaban J connectivity index is 1.77. The van der Waals surface area contributed by atoms with Crippen LogP contribution in [0.3, 0.4) is 0 Å². The van der Waals surface area contributed by atoms with Crippen molar-refractivity contribution in [2.45, 2.75) is 26.3 Å². The molecule has 0 radical (unpaired) electrons. The topological polar surface area (TPSA) is 49.4 Å². The lowest BCUT2D eigenvalue weighted by Crippen LogP contribution is -2.34. The van der Waals surface area contributed by atoms with E-state index in [1.807, 2.05) is 0 Å². The first-order valence-electron chi connectivity index (χ1n) is 8.46. The number of carbonyl (C=O) groups is 2. The van der Waals surface area contributed by atoms with Crippen molar-refractivity contribution >= 4 is 11.8 Å². The van der Waals surface area contributed by atoms with Crippen LogP contribution < -0.4 is 5.32 Å². The zero-order valence-corrected chi connectivity index (χ0v) is 14.7. The molecular weight excluding hydrogens is 338 g/mol. The van der Waals surface area contributed by atoms with Crippen molar-refractivity contribution in [3.8, 4) is 0 Å². The molecule has 2 aromatic carbocycles. The van der Waals surface area contributed by atoms with Gasteiger partial charge in [-0.25, -0.2) is 8.78 Å². The highest BCUT2D eigenvalue weighted by Crippen LogP contribution is 2.10. The summed E-state index contributed by atoms with van der Waals surface area (Å²) < 4.78 is 26.6. The van der Waals surface area contributed by atoms with E-state index in [0.717, 1.165) is 5.56 Å². The first-order chi connectivity index (χ1) is 12.5. The molecule has 0 saturated heterocycles. The summed E-state index contributed by atoms with van der Waals surface area (Å²) in [6.07, 6.45) is 0.731. The minimum atomic E-state index is -0.373. The number of halogens is 2. The van der Waals surface area contributed by atoms with Gasteiger partial charge in [0.1, 0.15) is 11.6 Å². The maximum atomic E-state index is 13.7. The number of hydrogen-bond acceptors (Lipinski definition) is 2. The predicted molar refractivity (Wildman–Crippen MR) is 95.2 cm³/mol. The van der Waals surface area contributed by atoms with Gasteiger partial charge in [0.05, 0.1) is 0 Å². The Morgan fingerprint density at radius 1 is 1.04 bits per heavy atom. The summed E-state index contributed by atoms with van der Waals surface area (Å²) in [5, 5.41) is 2.77. The van der Waals surface area contributed by atoms with E-state index in [-0.39, 0.29) is 43.0 Å². The predicted octanol–water partition coefficient (Wildman–Crippen LogP) is 3.06. The zero-order chi connectivity index (χ0) is 18.9. The summed E-state index contributed by atoms with van der Waals surface area (Å²) in [5.74, 6) is -1.07. The van der Waals surface area contributed by atoms with Gasteiger partial charge in [-0.15, -0.1) is 0 Å². The van der Waals surface area contributed by atoms with Crippen LogP contribution in [0, 0.1) is 11.6 Å². The van der Waals surface area contributed by atoms with Gasteiger partial charge in [0.25, 0.3) is 0 Å². The number of nitrogens with one attached hydrogen (secondary N) is 1. The number of nitrogens with zero attached hydrogens (tertiary/aromatic N) is 1. The summed E-state index contributed by atoms with van der Waals surface area (Å²) in [4.78, 5) is 25.1. The van der Waals surface area contributed by atoms with Gasteiger partial charge < -0.3 is 10.2 Å². The van der Waals surface area contributed by atoms with Crippen molar-refractivity contribution in [3.63, 3.8) is 0 Å². The number of amides is 2. The maximum Gasteiger partial charge on any atom is 0.221 e. The smallest absolute Gasteiger partial charge is 0.221 e. The Bertz CT molecular complexity index is 748. The van der Waals surface area contributed by atoms with Gasteiger partial charge in [0, 0.05) is 38.5 Å². The lowest BCUT2D eigenvalue weighted by Gasteiger charge is -2.21. The monoisotopic (exact) mass is 360 g/mol. The second-order valence-electron chi connectivity index (χ2n) is 6.01. The van der Waals surface area contributed by atoms with Crippen LogP contribution in [0.2, 0.25) is 0 Å². The zero-order valence-electron chi connectivity index (χ0n) is 14.7. The maximum absolute atomic E-state index is 13.7. The van der Waals surface area contributed by atoms with Crippen LogP contribution in [0.1, 0.15) is 24.5 Å². The Labute approximate surface area is 151 Å². The van der Waals surface area contributed by atoms with E-state index in [4.69, 9.17) is 0 Å². The third-order valence-corrected chi connectivity index (χ3v) is 4.02. The molecule has 0 atom stereocenters. The number of benzene rings is 2. The van der Waals surface area contributed by atoms with Gasteiger partial charge in [-0.3, -0.25) is 9.59 Å². The summed E-state index contributed by atoms with van der Waals surface area (Å²) in [6.45, 7) is 2.17. The van der Waals surface area contributed by atoms with Crippen LogP contribution in [0.4, 0.5) is 8.78 Å². The molecule has 138 valence electrons. The largest absolute Gasteiger partial charge is 0.356 e. The molecule has 0 aliphatic heterocycles. The molecule has 2 aromatic rings. The molecule has 2 rings (SSSR count). The van der Waals surface area contributed by atoms with Gasteiger partial charge in [0.2, 0.25) is 11.8 Å². The molecule has 0 saturated carbocycles. The van der Waals surface area contributed by atoms with Crippen LogP contribution in [0.5, 0.6) is 0 Å². The Morgan fingerprint density at radius 2 is 1.73 bits per heavy atom. The van der Waals surface area contributed by atoms with Crippen LogP contribution >= 0.6 is 0 Å². The van der Waals surface area contributed by atoms with E-state index in [1.54, 1.807) is 30.3 Å². The van der Waals surface area contributed by atoms with E-state index < -0.39 is 0 Å². The fourth-order valence-electron chi connectivity index (χ4n) is 2.50. The molecule has 0 aromatic heterocycles. The van der Waals surface area contributed by atoms with Crippen LogP contribution in [0.15, 0.2) is 48.5 Å². The summed E-state index contributed by atoms with van der Waals surface area (Å²) >= 11 is 0. The fraction of sp³-hybridized carbons (Fsp3) is 0.300. The molecule has 0 unspecified atom stereocenters. The van der Waals surface area contributed by atoms with Crippen molar-refractivity contribution in [1.29, 1.82) is 0 Å². The molecule has 26 heavy (non-hydrogen) atoms. The van der Waals surface area contributed by atoms with Crippen molar-refractivity contribution in [2.75, 3.05) is 13.1 Å². The van der Waals surface area contributed by atoms with E-state index >= 15 is 0 Å². The molecule has 0 heterocycles. The summed E-state index contributed by atoms with van der Waals surface area (Å²) in [5.41, 5.74) is 1.34. The second kappa shape index (κ2) is 9.65. The van der Waals surface area contributed by atoms with Crippen molar-refractivity contribution in [3.05, 3.63) is 71.3 Å². The van der Waals surface area contributed by atoms with Crippen LogP contribution in [0.25, 0.3) is 0 Å². The van der Waals surface area contributed by atoms with E-state index in [2.05, 4.69) is 5.32 Å². The van der Waals surface area contributed by atoms with Gasteiger partial charge in [-0.1, -0.05) is 30.3 Å². The standard InChI is InChI=1S/C20H22F2N2O2/c1-15(25)24(14-17-4-2-3-5-19(17)22)13-11-20(26)23-12-10-16-6-8-18(21)9-7-16/h2-9H,10-14H2,1H3,(H,23,26). The summed E-state index contributed by atoms with van der Waals surface area (Å²) in [7, 11) is 0. The molecule has 2 amide bonds. The van der Waals surface area contributed by atoms with E-state index in [9.17, 15) is 18.4 Å². The molecule has 0 bridgehead atoms. The molecule has 1 N–H and O–H groups in total. The average Bonchev–Trinajstić information content (AvgIpc) is 2.61. The number of hydrogen-bond donors (Lipinski definition) is 1. The minimum Gasteiger partial charge on any atom is -0.356 e. The number of carbonyl (C=O) groups excluding carboxylic acids is 2. The van der Waals surface area contributed by atoms with Crippen LogP contribution in [-0.4, -0.2) is 29.8 Å². The summed E-state index contributed by atoms with van der Waals surface area (Å²) in [6, 6.07) is 12.4. The van der Waals surface area contributed by atoms with Gasteiger partial charge >= 0.3 is 0 Å². The molecule has 4 nitrogen and oxygen atoms in total. The van der Waals surface area contributed by atoms with Gasteiger partial charge in [-0.05, 0) is 30.2 Å². The van der Waals surface area contributed by atoms with E-state index in [0.29, 0.717) is 18.5 Å². The minimum absolute atomic E-state index is 0.130. The molecule has 0 fully saturated rings. The normalized spacial score (nSPS) is 10.4. The van der Waals surface area contributed by atoms with Crippen molar-refractivity contribution in [1.82, 2.24) is 10.2 Å². The lowest BCUT2D eigenvalue weighted by molar-refractivity contribution is -0.130. The molecule has 6 heteroatoms. The highest BCUT2D eigenvalue weighted by Gasteiger charge is 2.13. The second-order valence-corrected chi connectivity index (χ2v) is 6.01. The Hall–Kier alpha value is -2.76. The molecule has 0 aliphatic carbocycles. The third-order valence-electron chi connectivity index (χ3n) is 4.02. The average molecular weight is 360 g/mol. The first-order valence-corrected chi connectivity index (χ1v) is 8.46. The third kappa shape index (κ3) is 6.27. The Morgan fingerprint density at radius 3 is 2.38 bits per heavy atom. The Kier molecular flexibility index (Phi) is 7.26. The first kappa shape index (κ1) is 19.6. The SMILES string of the molecule is CC(=O)N(CCC(=O)NCCc1ccc(F)cc1)Cc1ccccc1F. The van der Waals surface area contributed by atoms with Gasteiger partial charge in [-0.2, -0.15) is 0 Å². The number of rotatable bonds is 8. The highest BCUT2D eigenvalue weighted by atomic mass is 19.1. The fourth-order valence-corrected chi connectivity index (χ4v) is 2.50. The lowest BCUT2D eigenvalue weighted by atomic mass is 10.1. The molecule has 0 spiro atoms. The molecular formula is C20H22F2N2O2. The van der Waals surface area contributed by atoms with Gasteiger partial charge in [0.15, 0.2) is 0 Å². The molecule has 0 aliphatic rings. The highest BCUT2D eigenvalue weighted by molar-refractivity contribution is 5.78.